The van der Waals surface area contributed by atoms with Gasteiger partial charge in [-0.2, -0.15) is 0 Å². The van der Waals surface area contributed by atoms with Crippen molar-refractivity contribution in [2.75, 3.05) is 13.1 Å². The molecule has 0 aromatic carbocycles. The monoisotopic (exact) mass is 246 g/mol. The second-order valence-electron chi connectivity index (χ2n) is 6.07. The zero-order chi connectivity index (χ0) is 11.3. The third-order valence-corrected chi connectivity index (χ3v) is 4.74. The Morgan fingerprint density at radius 2 is 1.81 bits per heavy atom. The van der Waals surface area contributed by atoms with Gasteiger partial charge in [0.05, 0.1) is 5.92 Å². The summed E-state index contributed by atoms with van der Waals surface area (Å²) in [6.45, 7) is 10.7. The zero-order valence-corrected chi connectivity index (χ0v) is 11.4. The maximum absolute atomic E-state index is 11.9. The van der Waals surface area contributed by atoms with Crippen LogP contribution in [0.4, 0.5) is 0 Å². The van der Waals surface area contributed by atoms with Gasteiger partial charge in [0, 0.05) is 12.6 Å². The van der Waals surface area contributed by atoms with Crippen molar-refractivity contribution in [2.45, 2.75) is 40.2 Å². The first-order valence-corrected chi connectivity index (χ1v) is 5.88. The molecule has 16 heavy (non-hydrogen) atoms. The predicted octanol–water partition coefficient (Wildman–Crippen LogP) is 1.57. The highest BCUT2D eigenvalue weighted by atomic mass is 35.5. The molecule has 4 heteroatoms. The predicted molar refractivity (Wildman–Crippen MR) is 67.7 cm³/mol. The summed E-state index contributed by atoms with van der Waals surface area (Å²) in [6.07, 6.45) is 0.986. The highest BCUT2D eigenvalue weighted by Gasteiger charge is 2.65. The average Bonchev–Trinajstić information content (AvgIpc) is 2.65. The van der Waals surface area contributed by atoms with E-state index in [4.69, 9.17) is 0 Å². The van der Waals surface area contributed by atoms with Crippen LogP contribution in [0.2, 0.25) is 0 Å². The molecule has 2 rings (SSSR count). The Morgan fingerprint density at radius 1 is 1.25 bits per heavy atom. The van der Waals surface area contributed by atoms with Crippen LogP contribution < -0.4 is 10.6 Å². The van der Waals surface area contributed by atoms with Crippen LogP contribution in [0.5, 0.6) is 0 Å². The first kappa shape index (κ1) is 13.8. The van der Waals surface area contributed by atoms with E-state index < -0.39 is 0 Å². The third-order valence-electron chi connectivity index (χ3n) is 4.74. The maximum Gasteiger partial charge on any atom is 0.224 e. The molecule has 2 N–H and O–H groups in total. The van der Waals surface area contributed by atoms with Crippen LogP contribution in [0.3, 0.4) is 0 Å². The topological polar surface area (TPSA) is 41.1 Å². The van der Waals surface area contributed by atoms with E-state index in [2.05, 4.69) is 38.3 Å². The smallest absolute Gasteiger partial charge is 0.224 e. The summed E-state index contributed by atoms with van der Waals surface area (Å²) >= 11 is 0. The van der Waals surface area contributed by atoms with Crippen molar-refractivity contribution in [1.29, 1.82) is 0 Å². The number of hydrogen-bond acceptors (Lipinski definition) is 2. The lowest BCUT2D eigenvalue weighted by atomic mass is 10.0. The molecule has 1 saturated heterocycles. The van der Waals surface area contributed by atoms with E-state index in [-0.39, 0.29) is 35.1 Å². The second kappa shape index (κ2) is 4.19. The first-order valence-electron chi connectivity index (χ1n) is 5.88. The van der Waals surface area contributed by atoms with Gasteiger partial charge in [0.2, 0.25) is 5.91 Å². The first-order chi connectivity index (χ1) is 6.87. The summed E-state index contributed by atoms with van der Waals surface area (Å²) < 4.78 is 0. The lowest BCUT2D eigenvalue weighted by Crippen LogP contribution is -2.36. The van der Waals surface area contributed by atoms with Crippen LogP contribution in [0.1, 0.15) is 34.1 Å². The lowest BCUT2D eigenvalue weighted by Gasteiger charge is -2.11. The molecule has 0 spiro atoms. The number of amides is 1. The molecule has 0 aromatic heterocycles. The van der Waals surface area contributed by atoms with Gasteiger partial charge in [0.25, 0.3) is 0 Å². The average molecular weight is 247 g/mol. The van der Waals surface area contributed by atoms with Crippen molar-refractivity contribution >= 4 is 18.3 Å². The van der Waals surface area contributed by atoms with Gasteiger partial charge in [-0.05, 0) is 23.8 Å². The number of nitrogens with one attached hydrogen (secondary N) is 2. The molecule has 94 valence electrons. The molecule has 1 saturated carbocycles. The Morgan fingerprint density at radius 3 is 2.19 bits per heavy atom. The maximum atomic E-state index is 11.9. The molecule has 0 aromatic rings. The number of carbonyl (C=O) groups excluding carboxylic acids is 1. The molecule has 1 atom stereocenters. The van der Waals surface area contributed by atoms with Gasteiger partial charge in [-0.1, -0.05) is 27.7 Å². The summed E-state index contributed by atoms with van der Waals surface area (Å²) in [5, 5.41) is 6.42. The molecule has 2 aliphatic rings. The molecule has 2 fully saturated rings. The van der Waals surface area contributed by atoms with Crippen LogP contribution in [-0.2, 0) is 4.79 Å². The summed E-state index contributed by atoms with van der Waals surface area (Å²) in [4.78, 5) is 11.9. The number of hydrogen-bond donors (Lipinski definition) is 2. The van der Waals surface area contributed by atoms with Crippen molar-refractivity contribution in [2.24, 2.45) is 16.7 Å². The Balaban J connectivity index is 0.00000128. The minimum absolute atomic E-state index is 0. The molecule has 1 amide bonds. The van der Waals surface area contributed by atoms with Crippen LogP contribution in [0.25, 0.3) is 0 Å². The van der Waals surface area contributed by atoms with Gasteiger partial charge in [-0.15, -0.1) is 12.4 Å². The van der Waals surface area contributed by atoms with E-state index in [0.717, 1.165) is 19.5 Å². The fourth-order valence-electron chi connectivity index (χ4n) is 2.70. The fraction of sp³-hybridized carbons (Fsp3) is 0.917. The molecule has 0 radical (unpaired) electrons. The fourth-order valence-corrected chi connectivity index (χ4v) is 2.70. The van der Waals surface area contributed by atoms with Crippen molar-refractivity contribution in [3.63, 3.8) is 0 Å². The van der Waals surface area contributed by atoms with E-state index in [0.29, 0.717) is 6.04 Å². The number of halogens is 1. The van der Waals surface area contributed by atoms with Gasteiger partial charge in [0.15, 0.2) is 0 Å². The minimum atomic E-state index is 0. The molecule has 1 aliphatic carbocycles. The van der Waals surface area contributed by atoms with E-state index >= 15 is 0 Å². The number of rotatable bonds is 2. The largest absolute Gasteiger partial charge is 0.352 e. The van der Waals surface area contributed by atoms with E-state index in [1.165, 1.54) is 0 Å². The van der Waals surface area contributed by atoms with Gasteiger partial charge < -0.3 is 10.6 Å². The number of carbonyl (C=O) groups is 1. The van der Waals surface area contributed by atoms with Crippen LogP contribution in [-0.4, -0.2) is 25.0 Å². The summed E-state index contributed by atoms with van der Waals surface area (Å²) in [7, 11) is 0. The van der Waals surface area contributed by atoms with Crippen molar-refractivity contribution in [3.8, 4) is 0 Å². The molecule has 0 bridgehead atoms. The van der Waals surface area contributed by atoms with Gasteiger partial charge in [-0.25, -0.2) is 0 Å². The second-order valence-corrected chi connectivity index (χ2v) is 6.07. The van der Waals surface area contributed by atoms with E-state index in [1.807, 2.05) is 0 Å². The Kier molecular flexibility index (Phi) is 3.61. The van der Waals surface area contributed by atoms with Crippen LogP contribution >= 0.6 is 12.4 Å². The van der Waals surface area contributed by atoms with Crippen LogP contribution in [0.15, 0.2) is 0 Å². The standard InChI is InChI=1S/C12H22N2O.ClH/c1-11(2)10(12(11,3)4)14-9(15)8-5-6-13-7-8;/h8,10,13H,5-7H2,1-4H3,(H,14,15);1H/t8-;/m1./s1. The minimum Gasteiger partial charge on any atom is -0.352 e. The van der Waals surface area contributed by atoms with Crippen molar-refractivity contribution < 1.29 is 4.79 Å². The molecular formula is C12H23ClN2O. The van der Waals surface area contributed by atoms with Gasteiger partial charge in [0.1, 0.15) is 0 Å². The third kappa shape index (κ3) is 1.95. The van der Waals surface area contributed by atoms with Crippen LogP contribution in [0, 0.1) is 16.7 Å². The SMILES string of the molecule is CC1(C)C(NC(=O)[C@@H]2CCNC2)C1(C)C.Cl. The highest BCUT2D eigenvalue weighted by Crippen LogP contribution is 2.62. The quantitative estimate of drug-likeness (QED) is 0.777. The molecular weight excluding hydrogens is 224 g/mol. The summed E-state index contributed by atoms with van der Waals surface area (Å²) in [5.74, 6) is 0.431. The highest BCUT2D eigenvalue weighted by molar-refractivity contribution is 5.85. The Hall–Kier alpha value is -0.280. The lowest BCUT2D eigenvalue weighted by molar-refractivity contribution is -0.124. The van der Waals surface area contributed by atoms with Crippen molar-refractivity contribution in [3.05, 3.63) is 0 Å². The van der Waals surface area contributed by atoms with Crippen molar-refractivity contribution in [1.82, 2.24) is 10.6 Å². The Labute approximate surface area is 104 Å². The molecule has 1 aliphatic heterocycles. The Bertz CT molecular complexity index is 269. The van der Waals surface area contributed by atoms with E-state index in [9.17, 15) is 4.79 Å². The zero-order valence-electron chi connectivity index (χ0n) is 10.6. The molecule has 3 nitrogen and oxygen atoms in total. The summed E-state index contributed by atoms with van der Waals surface area (Å²) in [6, 6.07) is 0.345. The van der Waals surface area contributed by atoms with E-state index in [1.54, 1.807) is 0 Å². The molecule has 0 unspecified atom stereocenters. The van der Waals surface area contributed by atoms with Gasteiger partial charge in [-0.3, -0.25) is 4.79 Å². The molecule has 1 heterocycles. The summed E-state index contributed by atoms with van der Waals surface area (Å²) in [5.41, 5.74) is 0.489. The van der Waals surface area contributed by atoms with Gasteiger partial charge >= 0.3 is 0 Å². The normalized spacial score (nSPS) is 30.6.